The summed E-state index contributed by atoms with van der Waals surface area (Å²) in [6.07, 6.45) is 0.883. The van der Waals surface area contributed by atoms with Gasteiger partial charge in [0.15, 0.2) is 0 Å². The summed E-state index contributed by atoms with van der Waals surface area (Å²) in [5.74, 6) is -0.565. The van der Waals surface area contributed by atoms with Crippen LogP contribution in [0, 0.1) is 23.7 Å². The maximum absolute atomic E-state index is 11.9. The van der Waals surface area contributed by atoms with E-state index in [0.29, 0.717) is 6.61 Å². The van der Waals surface area contributed by atoms with Crippen molar-refractivity contribution in [2.45, 2.75) is 24.3 Å². The monoisotopic (exact) mass is 288 g/mol. The molecule has 2 bridgehead atoms. The summed E-state index contributed by atoms with van der Waals surface area (Å²) < 4.78 is 10.4. The van der Waals surface area contributed by atoms with E-state index in [-0.39, 0.29) is 46.5 Å². The number of fused-ring (bicyclic) bond motifs is 1. The van der Waals surface area contributed by atoms with E-state index in [0.717, 1.165) is 6.42 Å². The molecule has 0 amide bonds. The molecule has 2 saturated carbocycles. The Morgan fingerprint density at radius 1 is 1.56 bits per heavy atom. The Morgan fingerprint density at radius 3 is 3.00 bits per heavy atom. The third kappa shape index (κ3) is 1.15. The Bertz CT molecular complexity index is 356. The molecule has 0 aromatic rings. The van der Waals surface area contributed by atoms with Crippen molar-refractivity contribution in [1.29, 1.82) is 0 Å². The molecule has 0 unspecified atom stereocenters. The first-order valence-corrected chi connectivity index (χ1v) is 6.58. The number of hydrogen-bond acceptors (Lipinski definition) is 4. The molecule has 1 aliphatic heterocycles. The zero-order valence-electron chi connectivity index (χ0n) is 8.89. The van der Waals surface area contributed by atoms with Crippen LogP contribution in [-0.4, -0.2) is 29.5 Å². The fraction of sp³-hybridized carbons (Fsp3) is 0.818. The molecule has 3 rings (SSSR count). The summed E-state index contributed by atoms with van der Waals surface area (Å²) >= 11 is 3.55. The number of carbonyl (C=O) groups excluding carboxylic acids is 2. The zero-order chi connectivity index (χ0) is 11.4. The zero-order valence-corrected chi connectivity index (χ0v) is 10.5. The Balaban J connectivity index is 1.90. The number of rotatable bonds is 2. The molecule has 1 saturated heterocycles. The second-order valence-electron chi connectivity index (χ2n) is 4.71. The van der Waals surface area contributed by atoms with E-state index in [2.05, 4.69) is 15.9 Å². The molecule has 0 N–H and O–H groups in total. The molecule has 3 fully saturated rings. The van der Waals surface area contributed by atoms with Crippen LogP contribution < -0.4 is 0 Å². The maximum atomic E-state index is 11.9. The molecule has 5 heteroatoms. The predicted octanol–water partition coefficient (Wildman–Crippen LogP) is 1.12. The van der Waals surface area contributed by atoms with Crippen molar-refractivity contribution < 1.29 is 19.1 Å². The van der Waals surface area contributed by atoms with Crippen molar-refractivity contribution in [2.75, 3.05) is 6.61 Å². The van der Waals surface area contributed by atoms with Crippen molar-refractivity contribution in [2.24, 2.45) is 23.7 Å². The SMILES string of the molecule is CCOC(=O)[C@@H]1[C@H]2C[C@H]3[C@H](OC(=O)[C@H]31)[C@H]2Br. The van der Waals surface area contributed by atoms with Crippen molar-refractivity contribution in [3.8, 4) is 0 Å². The van der Waals surface area contributed by atoms with E-state index < -0.39 is 0 Å². The standard InChI is InChI=1S/C11H13BrO4/c1-2-15-10(13)6-4-3-5-7(6)11(14)16-9(5)8(4)12/h4-9H,2-3H2,1H3/t4-,5-,6-,7-,8+,9+/m1/s1. The van der Waals surface area contributed by atoms with Gasteiger partial charge in [-0.15, -0.1) is 0 Å². The van der Waals surface area contributed by atoms with Crippen molar-refractivity contribution in [3.05, 3.63) is 0 Å². The van der Waals surface area contributed by atoms with Gasteiger partial charge in [0, 0.05) is 5.92 Å². The summed E-state index contributed by atoms with van der Waals surface area (Å²) in [6, 6.07) is 0. The largest absolute Gasteiger partial charge is 0.466 e. The van der Waals surface area contributed by atoms with Crippen LogP contribution in [0.5, 0.6) is 0 Å². The molecular weight excluding hydrogens is 276 g/mol. The van der Waals surface area contributed by atoms with E-state index in [1.165, 1.54) is 0 Å². The van der Waals surface area contributed by atoms with Crippen LogP contribution in [0.25, 0.3) is 0 Å². The molecule has 4 nitrogen and oxygen atoms in total. The van der Waals surface area contributed by atoms with Crippen molar-refractivity contribution in [1.82, 2.24) is 0 Å². The number of hydrogen-bond donors (Lipinski definition) is 0. The number of carbonyl (C=O) groups is 2. The molecule has 0 aromatic heterocycles. The fourth-order valence-electron chi connectivity index (χ4n) is 3.53. The number of alkyl halides is 1. The first-order valence-electron chi connectivity index (χ1n) is 5.66. The van der Waals surface area contributed by atoms with Crippen LogP contribution in [0.1, 0.15) is 13.3 Å². The van der Waals surface area contributed by atoms with Crippen LogP contribution >= 0.6 is 15.9 Å². The third-order valence-corrected chi connectivity index (χ3v) is 5.28. The van der Waals surface area contributed by atoms with Gasteiger partial charge in [0.1, 0.15) is 6.10 Å². The first kappa shape index (κ1) is 10.6. The summed E-state index contributed by atoms with van der Waals surface area (Å²) in [5.41, 5.74) is 0. The Kier molecular flexibility index (Phi) is 2.28. The second kappa shape index (κ2) is 3.45. The normalized spacial score (nSPS) is 48.2. The second-order valence-corrected chi connectivity index (χ2v) is 5.77. The van der Waals surface area contributed by atoms with Crippen LogP contribution in [0.4, 0.5) is 0 Å². The van der Waals surface area contributed by atoms with E-state index in [9.17, 15) is 9.59 Å². The van der Waals surface area contributed by atoms with Gasteiger partial charge < -0.3 is 9.47 Å². The summed E-state index contributed by atoms with van der Waals surface area (Å²) in [5, 5.41) is 0. The van der Waals surface area contributed by atoms with Crippen molar-refractivity contribution >= 4 is 27.9 Å². The topological polar surface area (TPSA) is 52.6 Å². The molecule has 6 atom stereocenters. The molecular formula is C11H13BrO4. The lowest BCUT2D eigenvalue weighted by Crippen LogP contribution is -2.38. The summed E-state index contributed by atoms with van der Waals surface area (Å²) in [4.78, 5) is 23.7. The number of halogens is 1. The lowest BCUT2D eigenvalue weighted by molar-refractivity contribution is -0.155. The van der Waals surface area contributed by atoms with Crippen molar-refractivity contribution in [3.63, 3.8) is 0 Å². The molecule has 0 spiro atoms. The van der Waals surface area contributed by atoms with E-state index in [4.69, 9.17) is 9.47 Å². The lowest BCUT2D eigenvalue weighted by atomic mass is 9.80. The molecule has 16 heavy (non-hydrogen) atoms. The van der Waals surface area contributed by atoms with Crippen LogP contribution in [0.15, 0.2) is 0 Å². The maximum Gasteiger partial charge on any atom is 0.310 e. The molecule has 2 aliphatic carbocycles. The van der Waals surface area contributed by atoms with Gasteiger partial charge in [0.2, 0.25) is 0 Å². The highest BCUT2D eigenvalue weighted by Crippen LogP contribution is 2.60. The lowest BCUT2D eigenvalue weighted by Gasteiger charge is -2.26. The average Bonchev–Trinajstić information content (AvgIpc) is 2.82. The van der Waals surface area contributed by atoms with Gasteiger partial charge >= 0.3 is 11.9 Å². The highest BCUT2D eigenvalue weighted by molar-refractivity contribution is 9.09. The van der Waals surface area contributed by atoms with Crippen LogP contribution in [0.2, 0.25) is 0 Å². The molecule has 0 radical (unpaired) electrons. The fourth-order valence-corrected chi connectivity index (χ4v) is 4.58. The van der Waals surface area contributed by atoms with Gasteiger partial charge in [-0.25, -0.2) is 0 Å². The van der Waals surface area contributed by atoms with E-state index in [1.54, 1.807) is 6.92 Å². The van der Waals surface area contributed by atoms with Gasteiger partial charge in [-0.3, -0.25) is 9.59 Å². The van der Waals surface area contributed by atoms with Gasteiger partial charge in [-0.2, -0.15) is 0 Å². The minimum Gasteiger partial charge on any atom is -0.466 e. The predicted molar refractivity (Wildman–Crippen MR) is 57.8 cm³/mol. The third-order valence-electron chi connectivity index (χ3n) is 4.08. The van der Waals surface area contributed by atoms with E-state index >= 15 is 0 Å². The van der Waals surface area contributed by atoms with Crippen LogP contribution in [0.3, 0.4) is 0 Å². The molecule has 3 aliphatic rings. The van der Waals surface area contributed by atoms with Gasteiger partial charge in [0.05, 0.1) is 23.3 Å². The Hall–Kier alpha value is -0.580. The quantitative estimate of drug-likeness (QED) is 0.564. The van der Waals surface area contributed by atoms with Crippen LogP contribution in [-0.2, 0) is 19.1 Å². The Morgan fingerprint density at radius 2 is 2.31 bits per heavy atom. The minimum absolute atomic E-state index is 0.0202. The molecule has 88 valence electrons. The number of esters is 2. The number of ether oxygens (including phenoxy) is 2. The highest BCUT2D eigenvalue weighted by Gasteiger charge is 2.68. The summed E-state index contributed by atoms with van der Waals surface area (Å²) in [6.45, 7) is 2.15. The average molecular weight is 289 g/mol. The first-order chi connectivity index (χ1) is 7.65. The van der Waals surface area contributed by atoms with E-state index in [1.807, 2.05) is 0 Å². The highest BCUT2D eigenvalue weighted by atomic mass is 79.9. The molecule has 1 heterocycles. The molecule has 0 aromatic carbocycles. The van der Waals surface area contributed by atoms with Gasteiger partial charge in [-0.05, 0) is 19.3 Å². The van der Waals surface area contributed by atoms with Gasteiger partial charge in [-0.1, -0.05) is 15.9 Å². The smallest absolute Gasteiger partial charge is 0.310 e. The summed E-state index contributed by atoms with van der Waals surface area (Å²) in [7, 11) is 0. The minimum atomic E-state index is -0.291. The van der Waals surface area contributed by atoms with Gasteiger partial charge in [0.25, 0.3) is 0 Å². The Labute approximate surface area is 102 Å².